The molecule has 1 heterocycles. The van der Waals surface area contributed by atoms with Crippen molar-refractivity contribution in [3.05, 3.63) is 0 Å². The van der Waals surface area contributed by atoms with Gasteiger partial charge in [0.15, 0.2) is 0 Å². The maximum atomic E-state index is 11.9. The van der Waals surface area contributed by atoms with Crippen LogP contribution in [-0.4, -0.2) is 36.0 Å². The third kappa shape index (κ3) is 3.68. The molecule has 0 radical (unpaired) electrons. The number of rotatable bonds is 5. The first-order chi connectivity index (χ1) is 7.08. The molecule has 3 nitrogen and oxygen atoms in total. The van der Waals surface area contributed by atoms with Crippen molar-refractivity contribution < 1.29 is 4.79 Å². The summed E-state index contributed by atoms with van der Waals surface area (Å²) in [6.07, 6.45) is 5.21. The molecule has 88 valence electrons. The third-order valence-electron chi connectivity index (χ3n) is 3.11. The highest BCUT2D eigenvalue weighted by Crippen LogP contribution is 2.18. The summed E-state index contributed by atoms with van der Waals surface area (Å²) in [5.74, 6) is 0.160. The van der Waals surface area contributed by atoms with E-state index in [1.54, 1.807) is 0 Å². The van der Waals surface area contributed by atoms with Crippen LogP contribution >= 0.6 is 11.8 Å². The fourth-order valence-electron chi connectivity index (χ4n) is 1.79. The second kappa shape index (κ2) is 5.75. The molecular weight excluding hydrogens is 208 g/mol. The lowest BCUT2D eigenvalue weighted by Gasteiger charge is -2.23. The van der Waals surface area contributed by atoms with Gasteiger partial charge in [-0.2, -0.15) is 11.8 Å². The van der Waals surface area contributed by atoms with Gasteiger partial charge in [-0.05, 0) is 39.0 Å². The highest BCUT2D eigenvalue weighted by molar-refractivity contribution is 7.99. The SMILES string of the molecule is CSC(C)CCNC(=O)C1(C)CCCN1. The standard InChI is InChI=1S/C11H22N2OS/c1-9(15-3)5-8-12-10(14)11(2)6-4-7-13-11/h9,13H,4-8H2,1-3H3,(H,12,14). The zero-order valence-corrected chi connectivity index (χ0v) is 10.7. The number of hydrogen-bond acceptors (Lipinski definition) is 3. The van der Waals surface area contributed by atoms with Crippen LogP contribution in [0.4, 0.5) is 0 Å². The Kier molecular flexibility index (Phi) is 4.93. The van der Waals surface area contributed by atoms with Gasteiger partial charge in [-0.25, -0.2) is 0 Å². The number of amides is 1. The van der Waals surface area contributed by atoms with E-state index in [4.69, 9.17) is 0 Å². The lowest BCUT2D eigenvalue weighted by Crippen LogP contribution is -2.51. The largest absolute Gasteiger partial charge is 0.354 e. The molecule has 0 aromatic heterocycles. The third-order valence-corrected chi connectivity index (χ3v) is 4.15. The monoisotopic (exact) mass is 230 g/mol. The molecule has 1 fully saturated rings. The van der Waals surface area contributed by atoms with E-state index >= 15 is 0 Å². The molecule has 0 saturated carbocycles. The van der Waals surface area contributed by atoms with Crippen LogP contribution in [0.1, 0.15) is 33.1 Å². The van der Waals surface area contributed by atoms with Gasteiger partial charge < -0.3 is 10.6 Å². The molecule has 0 aliphatic carbocycles. The van der Waals surface area contributed by atoms with Crippen molar-refractivity contribution in [3.63, 3.8) is 0 Å². The molecule has 2 N–H and O–H groups in total. The van der Waals surface area contributed by atoms with Crippen LogP contribution in [0.3, 0.4) is 0 Å². The summed E-state index contributed by atoms with van der Waals surface area (Å²) in [7, 11) is 0. The topological polar surface area (TPSA) is 41.1 Å². The average Bonchev–Trinajstić information content (AvgIpc) is 2.66. The quantitative estimate of drug-likeness (QED) is 0.750. The molecule has 2 unspecified atom stereocenters. The highest BCUT2D eigenvalue weighted by atomic mass is 32.2. The Bertz CT molecular complexity index is 215. The van der Waals surface area contributed by atoms with Crippen LogP contribution in [-0.2, 0) is 4.79 Å². The Morgan fingerprint density at radius 3 is 2.93 bits per heavy atom. The second-order valence-corrected chi connectivity index (χ2v) is 5.73. The fourth-order valence-corrected chi connectivity index (χ4v) is 2.14. The van der Waals surface area contributed by atoms with Crippen molar-refractivity contribution in [2.45, 2.75) is 43.9 Å². The molecule has 0 spiro atoms. The summed E-state index contributed by atoms with van der Waals surface area (Å²) in [5.41, 5.74) is -0.317. The molecule has 4 heteroatoms. The number of nitrogens with one attached hydrogen (secondary N) is 2. The van der Waals surface area contributed by atoms with Crippen LogP contribution in [0.25, 0.3) is 0 Å². The van der Waals surface area contributed by atoms with Crippen LogP contribution in [0.2, 0.25) is 0 Å². The zero-order valence-electron chi connectivity index (χ0n) is 9.93. The van der Waals surface area contributed by atoms with Crippen LogP contribution in [0, 0.1) is 0 Å². The van der Waals surface area contributed by atoms with Crippen molar-refractivity contribution in [1.29, 1.82) is 0 Å². The number of hydrogen-bond donors (Lipinski definition) is 2. The van der Waals surface area contributed by atoms with E-state index in [1.165, 1.54) is 0 Å². The minimum absolute atomic E-state index is 0.160. The average molecular weight is 230 g/mol. The van der Waals surface area contributed by atoms with Gasteiger partial charge in [0, 0.05) is 11.8 Å². The Morgan fingerprint density at radius 1 is 1.67 bits per heavy atom. The lowest BCUT2D eigenvalue weighted by atomic mass is 9.99. The van der Waals surface area contributed by atoms with E-state index in [2.05, 4.69) is 23.8 Å². The van der Waals surface area contributed by atoms with Gasteiger partial charge in [0.05, 0.1) is 5.54 Å². The Labute approximate surface area is 96.8 Å². The van der Waals surface area contributed by atoms with E-state index in [-0.39, 0.29) is 11.4 Å². The summed E-state index contributed by atoms with van der Waals surface area (Å²) >= 11 is 1.84. The molecule has 1 amide bonds. The normalized spacial score (nSPS) is 27.7. The van der Waals surface area contributed by atoms with E-state index < -0.39 is 0 Å². The van der Waals surface area contributed by atoms with Gasteiger partial charge in [-0.1, -0.05) is 6.92 Å². The molecule has 0 bridgehead atoms. The highest BCUT2D eigenvalue weighted by Gasteiger charge is 2.35. The molecule has 2 atom stereocenters. The number of carbonyl (C=O) groups excluding carboxylic acids is 1. The molecule has 0 aromatic rings. The Balaban J connectivity index is 2.24. The smallest absolute Gasteiger partial charge is 0.240 e. The fraction of sp³-hybridized carbons (Fsp3) is 0.909. The molecule has 1 rings (SSSR count). The molecule has 1 saturated heterocycles. The lowest BCUT2D eigenvalue weighted by molar-refractivity contribution is -0.126. The molecule has 1 aliphatic heterocycles. The Hall–Kier alpha value is -0.220. The van der Waals surface area contributed by atoms with Crippen molar-refractivity contribution in [3.8, 4) is 0 Å². The summed E-state index contributed by atoms with van der Waals surface area (Å²) < 4.78 is 0. The zero-order chi connectivity index (χ0) is 11.3. The van der Waals surface area contributed by atoms with Crippen molar-refractivity contribution in [2.24, 2.45) is 0 Å². The number of carbonyl (C=O) groups is 1. The minimum Gasteiger partial charge on any atom is -0.354 e. The molecular formula is C11H22N2OS. The van der Waals surface area contributed by atoms with Gasteiger partial charge >= 0.3 is 0 Å². The van der Waals surface area contributed by atoms with E-state index in [0.29, 0.717) is 5.25 Å². The summed E-state index contributed by atoms with van der Waals surface area (Å²) in [4.78, 5) is 11.9. The number of thioether (sulfide) groups is 1. The molecule has 15 heavy (non-hydrogen) atoms. The van der Waals surface area contributed by atoms with Gasteiger partial charge in [-0.3, -0.25) is 4.79 Å². The van der Waals surface area contributed by atoms with Crippen molar-refractivity contribution >= 4 is 17.7 Å². The first-order valence-corrected chi connectivity index (χ1v) is 6.93. The summed E-state index contributed by atoms with van der Waals surface area (Å²) in [6.45, 7) is 5.93. The van der Waals surface area contributed by atoms with Crippen LogP contribution < -0.4 is 10.6 Å². The van der Waals surface area contributed by atoms with Gasteiger partial charge in [0.2, 0.25) is 5.91 Å². The maximum absolute atomic E-state index is 11.9. The first kappa shape index (κ1) is 12.8. The van der Waals surface area contributed by atoms with Gasteiger partial charge in [-0.15, -0.1) is 0 Å². The van der Waals surface area contributed by atoms with Crippen molar-refractivity contribution in [1.82, 2.24) is 10.6 Å². The maximum Gasteiger partial charge on any atom is 0.240 e. The second-order valence-electron chi connectivity index (χ2n) is 4.45. The van der Waals surface area contributed by atoms with Gasteiger partial charge in [0.25, 0.3) is 0 Å². The summed E-state index contributed by atoms with van der Waals surface area (Å²) in [6, 6.07) is 0. The predicted molar refractivity (Wildman–Crippen MR) is 66.2 cm³/mol. The van der Waals surface area contributed by atoms with Crippen molar-refractivity contribution in [2.75, 3.05) is 19.3 Å². The van der Waals surface area contributed by atoms with Gasteiger partial charge in [0.1, 0.15) is 0 Å². The minimum atomic E-state index is -0.317. The summed E-state index contributed by atoms with van der Waals surface area (Å²) in [5, 5.41) is 6.90. The molecule has 0 aromatic carbocycles. The predicted octanol–water partition coefficient (Wildman–Crippen LogP) is 1.39. The Morgan fingerprint density at radius 2 is 2.40 bits per heavy atom. The first-order valence-electron chi connectivity index (χ1n) is 5.64. The van der Waals surface area contributed by atoms with Crippen LogP contribution in [0.5, 0.6) is 0 Å². The van der Waals surface area contributed by atoms with E-state index in [0.717, 1.165) is 32.4 Å². The van der Waals surface area contributed by atoms with Crippen LogP contribution in [0.15, 0.2) is 0 Å². The van der Waals surface area contributed by atoms with E-state index in [1.807, 2.05) is 18.7 Å². The molecule has 1 aliphatic rings. The van der Waals surface area contributed by atoms with E-state index in [9.17, 15) is 4.79 Å².